The van der Waals surface area contributed by atoms with Gasteiger partial charge in [-0.2, -0.15) is 0 Å². The van der Waals surface area contributed by atoms with Crippen LogP contribution in [-0.2, 0) is 6.42 Å². The van der Waals surface area contributed by atoms with Crippen LogP contribution in [0.3, 0.4) is 0 Å². The van der Waals surface area contributed by atoms with Crippen LogP contribution < -0.4 is 0 Å². The summed E-state index contributed by atoms with van der Waals surface area (Å²) < 4.78 is 0. The molecule has 0 saturated heterocycles. The van der Waals surface area contributed by atoms with Crippen LogP contribution in [-0.4, -0.2) is 5.33 Å². The third-order valence-electron chi connectivity index (χ3n) is 2.43. The maximum absolute atomic E-state index is 3.51. The lowest BCUT2D eigenvalue weighted by Gasteiger charge is -2.08. The van der Waals surface area contributed by atoms with E-state index in [0.717, 1.165) is 11.2 Å². The maximum atomic E-state index is 3.51. The molecule has 0 fully saturated rings. The van der Waals surface area contributed by atoms with Crippen LogP contribution in [0, 0.1) is 12.8 Å². The highest BCUT2D eigenvalue weighted by atomic mass is 79.9. The van der Waals surface area contributed by atoms with E-state index in [9.17, 15) is 0 Å². The third-order valence-corrected chi connectivity index (χ3v) is 3.54. The summed E-state index contributed by atoms with van der Waals surface area (Å²) in [4.78, 5) is 0. The van der Waals surface area contributed by atoms with Crippen molar-refractivity contribution in [2.75, 3.05) is 5.33 Å². The SMILES string of the molecule is Cc1ccccc1CCC(C)CBr. The van der Waals surface area contributed by atoms with Gasteiger partial charge in [0.2, 0.25) is 0 Å². The van der Waals surface area contributed by atoms with Crippen LogP contribution in [0.15, 0.2) is 24.3 Å². The second kappa shape index (κ2) is 5.43. The molecule has 0 aliphatic carbocycles. The van der Waals surface area contributed by atoms with Crippen molar-refractivity contribution in [1.82, 2.24) is 0 Å². The molecule has 13 heavy (non-hydrogen) atoms. The van der Waals surface area contributed by atoms with Gasteiger partial charge in [-0.15, -0.1) is 0 Å². The highest BCUT2D eigenvalue weighted by Crippen LogP contribution is 2.14. The fraction of sp³-hybridized carbons (Fsp3) is 0.500. The Morgan fingerprint density at radius 1 is 1.31 bits per heavy atom. The molecule has 1 aromatic carbocycles. The van der Waals surface area contributed by atoms with Crippen molar-refractivity contribution in [2.45, 2.75) is 26.7 Å². The van der Waals surface area contributed by atoms with Gasteiger partial charge in [-0.25, -0.2) is 0 Å². The minimum atomic E-state index is 0.777. The summed E-state index contributed by atoms with van der Waals surface area (Å²) in [6.07, 6.45) is 2.48. The first-order chi connectivity index (χ1) is 6.24. The molecule has 1 unspecified atom stereocenters. The smallest absolute Gasteiger partial charge is 0.00571 e. The van der Waals surface area contributed by atoms with E-state index >= 15 is 0 Å². The Balaban J connectivity index is 2.50. The summed E-state index contributed by atoms with van der Waals surface area (Å²) in [5.74, 6) is 0.777. The molecule has 0 aromatic heterocycles. The molecule has 0 aliphatic rings. The van der Waals surface area contributed by atoms with Gasteiger partial charge in [-0.05, 0) is 36.8 Å². The standard InChI is InChI=1S/C12H17Br/c1-10(9-13)7-8-12-6-4-3-5-11(12)2/h3-6,10H,7-9H2,1-2H3. The summed E-state index contributed by atoms with van der Waals surface area (Å²) in [7, 11) is 0. The van der Waals surface area contributed by atoms with Gasteiger partial charge in [0.05, 0.1) is 0 Å². The number of benzene rings is 1. The minimum absolute atomic E-state index is 0.777. The minimum Gasteiger partial charge on any atom is -0.0925 e. The first kappa shape index (κ1) is 10.8. The van der Waals surface area contributed by atoms with Gasteiger partial charge >= 0.3 is 0 Å². The van der Waals surface area contributed by atoms with Gasteiger partial charge in [0.15, 0.2) is 0 Å². The van der Waals surface area contributed by atoms with E-state index < -0.39 is 0 Å². The second-order valence-electron chi connectivity index (χ2n) is 3.72. The van der Waals surface area contributed by atoms with E-state index in [1.165, 1.54) is 24.0 Å². The Kier molecular flexibility index (Phi) is 4.51. The Labute approximate surface area is 89.5 Å². The predicted molar refractivity (Wildman–Crippen MR) is 62.5 cm³/mol. The van der Waals surface area contributed by atoms with Crippen molar-refractivity contribution in [3.05, 3.63) is 35.4 Å². The van der Waals surface area contributed by atoms with Crippen molar-refractivity contribution in [3.8, 4) is 0 Å². The molecule has 0 bridgehead atoms. The Morgan fingerprint density at radius 2 is 2.00 bits per heavy atom. The zero-order valence-corrected chi connectivity index (χ0v) is 9.97. The Hall–Kier alpha value is -0.300. The van der Waals surface area contributed by atoms with E-state index in [1.54, 1.807) is 0 Å². The third kappa shape index (κ3) is 3.51. The van der Waals surface area contributed by atoms with E-state index in [4.69, 9.17) is 0 Å². The Bertz CT molecular complexity index is 255. The van der Waals surface area contributed by atoms with Gasteiger partial charge in [0, 0.05) is 5.33 Å². The molecule has 0 heterocycles. The molecular weight excluding hydrogens is 224 g/mol. The number of hydrogen-bond acceptors (Lipinski definition) is 0. The first-order valence-corrected chi connectivity index (χ1v) is 5.96. The lowest BCUT2D eigenvalue weighted by molar-refractivity contribution is 0.598. The number of aryl methyl sites for hydroxylation is 2. The van der Waals surface area contributed by atoms with E-state index in [2.05, 4.69) is 54.0 Å². The highest BCUT2D eigenvalue weighted by molar-refractivity contribution is 9.09. The van der Waals surface area contributed by atoms with Crippen molar-refractivity contribution in [2.24, 2.45) is 5.92 Å². The molecule has 0 nitrogen and oxygen atoms in total. The first-order valence-electron chi connectivity index (χ1n) is 4.84. The van der Waals surface area contributed by atoms with E-state index in [-0.39, 0.29) is 0 Å². The van der Waals surface area contributed by atoms with Gasteiger partial charge < -0.3 is 0 Å². The molecule has 1 rings (SSSR count). The number of rotatable bonds is 4. The van der Waals surface area contributed by atoms with Crippen LogP contribution in [0.5, 0.6) is 0 Å². The zero-order chi connectivity index (χ0) is 9.68. The van der Waals surface area contributed by atoms with Crippen LogP contribution in [0.25, 0.3) is 0 Å². The molecule has 0 saturated carbocycles. The summed E-state index contributed by atoms with van der Waals surface area (Å²) in [5.41, 5.74) is 2.92. The normalized spacial score (nSPS) is 12.8. The van der Waals surface area contributed by atoms with Gasteiger partial charge in [0.25, 0.3) is 0 Å². The van der Waals surface area contributed by atoms with Crippen LogP contribution in [0.1, 0.15) is 24.5 Å². The molecule has 0 N–H and O–H groups in total. The average molecular weight is 241 g/mol. The molecular formula is C12H17Br. The molecule has 0 aliphatic heterocycles. The molecule has 1 heteroatoms. The number of alkyl halides is 1. The molecule has 72 valence electrons. The summed E-state index contributed by atoms with van der Waals surface area (Å²) >= 11 is 3.51. The quantitative estimate of drug-likeness (QED) is 0.700. The number of halogens is 1. The summed E-state index contributed by atoms with van der Waals surface area (Å²) in [5, 5.41) is 1.11. The Morgan fingerprint density at radius 3 is 2.62 bits per heavy atom. The summed E-state index contributed by atoms with van der Waals surface area (Å²) in [6.45, 7) is 4.47. The lowest BCUT2D eigenvalue weighted by atomic mass is 9.99. The second-order valence-corrected chi connectivity index (χ2v) is 4.37. The largest absolute Gasteiger partial charge is 0.0925 e. The maximum Gasteiger partial charge on any atom is 0.00571 e. The molecule has 0 radical (unpaired) electrons. The summed E-state index contributed by atoms with van der Waals surface area (Å²) in [6, 6.07) is 8.65. The lowest BCUT2D eigenvalue weighted by Crippen LogP contribution is -1.99. The molecule has 0 amide bonds. The van der Waals surface area contributed by atoms with Gasteiger partial charge in [-0.1, -0.05) is 47.1 Å². The van der Waals surface area contributed by atoms with Crippen molar-refractivity contribution in [1.29, 1.82) is 0 Å². The van der Waals surface area contributed by atoms with Crippen LogP contribution in [0.4, 0.5) is 0 Å². The van der Waals surface area contributed by atoms with Crippen molar-refractivity contribution < 1.29 is 0 Å². The van der Waals surface area contributed by atoms with Crippen LogP contribution >= 0.6 is 15.9 Å². The zero-order valence-electron chi connectivity index (χ0n) is 8.39. The van der Waals surface area contributed by atoms with E-state index in [1.807, 2.05) is 0 Å². The van der Waals surface area contributed by atoms with Crippen molar-refractivity contribution >= 4 is 15.9 Å². The molecule has 0 spiro atoms. The van der Waals surface area contributed by atoms with Gasteiger partial charge in [-0.3, -0.25) is 0 Å². The monoisotopic (exact) mass is 240 g/mol. The number of hydrogen-bond donors (Lipinski definition) is 0. The van der Waals surface area contributed by atoms with E-state index in [0.29, 0.717) is 0 Å². The predicted octanol–water partition coefficient (Wildman–Crippen LogP) is 3.96. The van der Waals surface area contributed by atoms with Gasteiger partial charge in [0.1, 0.15) is 0 Å². The average Bonchev–Trinajstić information content (AvgIpc) is 2.16. The van der Waals surface area contributed by atoms with Crippen molar-refractivity contribution in [3.63, 3.8) is 0 Å². The topological polar surface area (TPSA) is 0 Å². The van der Waals surface area contributed by atoms with Crippen LogP contribution in [0.2, 0.25) is 0 Å². The molecule has 1 atom stereocenters. The highest BCUT2D eigenvalue weighted by Gasteiger charge is 2.01. The molecule has 1 aromatic rings. The fourth-order valence-corrected chi connectivity index (χ4v) is 1.69. The fourth-order valence-electron chi connectivity index (χ4n) is 1.37.